The summed E-state index contributed by atoms with van der Waals surface area (Å²) in [7, 11) is -3.51. The van der Waals surface area contributed by atoms with Crippen molar-refractivity contribution in [3.05, 3.63) is 64.9 Å². The van der Waals surface area contributed by atoms with E-state index in [4.69, 9.17) is 11.6 Å². The Morgan fingerprint density at radius 3 is 2.32 bits per heavy atom. The number of amides is 1. The molecule has 1 fully saturated rings. The van der Waals surface area contributed by atoms with Gasteiger partial charge in [0.25, 0.3) is 5.91 Å². The number of nitrogens with one attached hydrogen (secondary N) is 1. The van der Waals surface area contributed by atoms with Gasteiger partial charge in [0.2, 0.25) is 10.0 Å². The highest BCUT2D eigenvalue weighted by molar-refractivity contribution is 7.89. The number of hydrogen-bond acceptors (Lipinski definition) is 4. The molecule has 1 N–H and O–H groups in total. The van der Waals surface area contributed by atoms with Gasteiger partial charge in [-0.2, -0.15) is 4.31 Å². The van der Waals surface area contributed by atoms with Crippen LogP contribution in [0.1, 0.15) is 10.4 Å². The lowest BCUT2D eigenvalue weighted by molar-refractivity contribution is 0.0952. The van der Waals surface area contributed by atoms with E-state index in [0.29, 0.717) is 31.2 Å². The minimum Gasteiger partial charge on any atom is -0.369 e. The zero-order valence-electron chi connectivity index (χ0n) is 15.1. The smallest absolute Gasteiger partial charge is 0.254 e. The zero-order chi connectivity index (χ0) is 20.1. The third kappa shape index (κ3) is 5.01. The van der Waals surface area contributed by atoms with Crippen molar-refractivity contribution >= 4 is 33.2 Å². The van der Waals surface area contributed by atoms with E-state index in [1.54, 1.807) is 18.2 Å². The molecule has 0 radical (unpaired) electrons. The van der Waals surface area contributed by atoms with E-state index < -0.39 is 21.7 Å². The summed E-state index contributed by atoms with van der Waals surface area (Å²) in [6, 6.07) is 13.0. The molecular formula is C19H21ClFN3O3S. The molecule has 6 nitrogen and oxygen atoms in total. The summed E-state index contributed by atoms with van der Waals surface area (Å²) in [6.07, 6.45) is 0. The first-order valence-corrected chi connectivity index (χ1v) is 10.9. The van der Waals surface area contributed by atoms with Crippen molar-refractivity contribution in [1.29, 1.82) is 0 Å². The second-order valence-corrected chi connectivity index (χ2v) is 8.94. The number of anilines is 1. The Bertz CT molecular complexity index is 930. The van der Waals surface area contributed by atoms with Crippen LogP contribution < -0.4 is 10.2 Å². The minimum absolute atomic E-state index is 0.0765. The lowest BCUT2D eigenvalue weighted by atomic mass is 10.2. The van der Waals surface area contributed by atoms with Crippen LogP contribution in [0.25, 0.3) is 0 Å². The SMILES string of the molecule is O=C(NCCS(=O)(=O)N1CCN(c2ccc(Cl)cc2)CC1)c1ccccc1F. The van der Waals surface area contributed by atoms with Gasteiger partial charge in [0.05, 0.1) is 11.3 Å². The molecule has 28 heavy (non-hydrogen) atoms. The van der Waals surface area contributed by atoms with Crippen LogP contribution in [0.4, 0.5) is 10.1 Å². The average Bonchev–Trinajstić information content (AvgIpc) is 2.69. The maximum atomic E-state index is 13.6. The molecule has 1 aliphatic heterocycles. The summed E-state index contributed by atoms with van der Waals surface area (Å²) in [5, 5.41) is 3.12. The molecule has 0 bridgehead atoms. The monoisotopic (exact) mass is 425 g/mol. The molecule has 2 aromatic carbocycles. The van der Waals surface area contributed by atoms with Crippen LogP contribution in [-0.2, 0) is 10.0 Å². The van der Waals surface area contributed by atoms with E-state index in [1.807, 2.05) is 12.1 Å². The fraction of sp³-hybridized carbons (Fsp3) is 0.316. The van der Waals surface area contributed by atoms with Crippen molar-refractivity contribution in [2.75, 3.05) is 43.4 Å². The van der Waals surface area contributed by atoms with E-state index in [-0.39, 0.29) is 17.9 Å². The van der Waals surface area contributed by atoms with Crippen molar-refractivity contribution in [3.63, 3.8) is 0 Å². The molecule has 1 heterocycles. The third-order valence-electron chi connectivity index (χ3n) is 4.59. The summed E-state index contributed by atoms with van der Waals surface area (Å²) in [5.41, 5.74) is 0.898. The van der Waals surface area contributed by atoms with Gasteiger partial charge in [0.15, 0.2) is 0 Å². The van der Waals surface area contributed by atoms with Gasteiger partial charge in [-0.3, -0.25) is 4.79 Å². The number of hydrogen-bond donors (Lipinski definition) is 1. The largest absolute Gasteiger partial charge is 0.369 e. The number of nitrogens with zero attached hydrogens (tertiary/aromatic N) is 2. The van der Waals surface area contributed by atoms with E-state index in [9.17, 15) is 17.6 Å². The highest BCUT2D eigenvalue weighted by Gasteiger charge is 2.27. The first-order chi connectivity index (χ1) is 13.4. The molecule has 0 unspecified atom stereocenters. The molecule has 3 rings (SSSR count). The number of sulfonamides is 1. The first-order valence-electron chi connectivity index (χ1n) is 8.88. The highest BCUT2D eigenvalue weighted by atomic mass is 35.5. The number of rotatable bonds is 6. The van der Waals surface area contributed by atoms with Crippen LogP contribution in [-0.4, -0.2) is 57.1 Å². The van der Waals surface area contributed by atoms with Crippen molar-refractivity contribution in [1.82, 2.24) is 9.62 Å². The van der Waals surface area contributed by atoms with Gasteiger partial charge in [-0.15, -0.1) is 0 Å². The topological polar surface area (TPSA) is 69.7 Å². The van der Waals surface area contributed by atoms with Crippen LogP contribution in [0, 0.1) is 5.82 Å². The molecule has 0 spiro atoms. The van der Waals surface area contributed by atoms with E-state index in [1.165, 1.54) is 22.5 Å². The molecule has 1 aliphatic rings. The zero-order valence-corrected chi connectivity index (χ0v) is 16.7. The summed E-state index contributed by atoms with van der Waals surface area (Å²) in [4.78, 5) is 14.1. The summed E-state index contributed by atoms with van der Waals surface area (Å²) >= 11 is 5.90. The highest BCUT2D eigenvalue weighted by Crippen LogP contribution is 2.20. The summed E-state index contributed by atoms with van der Waals surface area (Å²) in [5.74, 6) is -1.49. The summed E-state index contributed by atoms with van der Waals surface area (Å²) < 4.78 is 40.1. The molecule has 1 saturated heterocycles. The van der Waals surface area contributed by atoms with Crippen LogP contribution in [0.15, 0.2) is 48.5 Å². The van der Waals surface area contributed by atoms with Crippen LogP contribution in [0.2, 0.25) is 5.02 Å². The number of piperazine rings is 1. The Hall–Kier alpha value is -2.16. The minimum atomic E-state index is -3.51. The molecule has 0 aromatic heterocycles. The lowest BCUT2D eigenvalue weighted by Crippen LogP contribution is -2.50. The van der Waals surface area contributed by atoms with Crippen LogP contribution >= 0.6 is 11.6 Å². The van der Waals surface area contributed by atoms with Gasteiger partial charge in [-0.25, -0.2) is 12.8 Å². The van der Waals surface area contributed by atoms with Gasteiger partial charge >= 0.3 is 0 Å². The Balaban J connectivity index is 1.49. The van der Waals surface area contributed by atoms with Crippen molar-refractivity contribution < 1.29 is 17.6 Å². The molecule has 0 aliphatic carbocycles. The Kier molecular flexibility index (Phi) is 6.53. The fourth-order valence-electron chi connectivity index (χ4n) is 3.04. The van der Waals surface area contributed by atoms with Gasteiger partial charge in [0.1, 0.15) is 5.82 Å². The maximum Gasteiger partial charge on any atom is 0.254 e. The van der Waals surface area contributed by atoms with Gasteiger partial charge in [0, 0.05) is 43.4 Å². The number of carbonyl (C=O) groups excluding carboxylic acids is 1. The summed E-state index contributed by atoms with van der Waals surface area (Å²) in [6.45, 7) is 1.80. The number of halogens is 2. The quantitative estimate of drug-likeness (QED) is 0.771. The van der Waals surface area contributed by atoms with E-state index in [0.717, 1.165) is 5.69 Å². The third-order valence-corrected chi connectivity index (χ3v) is 6.71. The molecule has 0 atom stereocenters. The Labute approximate surface area is 168 Å². The van der Waals surface area contributed by atoms with Gasteiger partial charge in [-0.1, -0.05) is 23.7 Å². The predicted molar refractivity (Wildman–Crippen MR) is 108 cm³/mol. The maximum absolute atomic E-state index is 13.6. The van der Waals surface area contributed by atoms with E-state index >= 15 is 0 Å². The van der Waals surface area contributed by atoms with Gasteiger partial charge < -0.3 is 10.2 Å². The van der Waals surface area contributed by atoms with Crippen LogP contribution in [0.5, 0.6) is 0 Å². The molecule has 2 aromatic rings. The second kappa shape index (κ2) is 8.89. The average molecular weight is 426 g/mol. The second-order valence-electron chi connectivity index (χ2n) is 6.41. The molecule has 0 saturated carbocycles. The fourth-order valence-corrected chi connectivity index (χ4v) is 4.50. The van der Waals surface area contributed by atoms with E-state index in [2.05, 4.69) is 10.2 Å². The van der Waals surface area contributed by atoms with Gasteiger partial charge in [-0.05, 0) is 36.4 Å². The molecule has 9 heteroatoms. The van der Waals surface area contributed by atoms with Crippen molar-refractivity contribution in [2.45, 2.75) is 0 Å². The predicted octanol–water partition coefficient (Wildman–Crippen LogP) is 2.36. The Morgan fingerprint density at radius 1 is 1.04 bits per heavy atom. The number of carbonyl (C=O) groups is 1. The lowest BCUT2D eigenvalue weighted by Gasteiger charge is -2.35. The molecular weight excluding hydrogens is 405 g/mol. The van der Waals surface area contributed by atoms with Crippen molar-refractivity contribution in [2.24, 2.45) is 0 Å². The molecule has 1 amide bonds. The first kappa shape index (κ1) is 20.6. The normalized spacial score (nSPS) is 15.4. The molecule has 150 valence electrons. The Morgan fingerprint density at radius 2 is 1.68 bits per heavy atom. The standard InChI is InChI=1S/C19H21ClFN3O3S/c20-15-5-7-16(8-6-15)23-10-12-24(13-11-23)28(26,27)14-9-22-19(25)17-3-1-2-4-18(17)21/h1-8H,9-14H2,(H,22,25). The van der Waals surface area contributed by atoms with Crippen molar-refractivity contribution in [3.8, 4) is 0 Å². The van der Waals surface area contributed by atoms with Crippen LogP contribution in [0.3, 0.4) is 0 Å². The number of benzene rings is 2.